The van der Waals surface area contributed by atoms with Crippen molar-refractivity contribution in [1.82, 2.24) is 4.90 Å². The van der Waals surface area contributed by atoms with Gasteiger partial charge in [0.25, 0.3) is 11.8 Å². The summed E-state index contributed by atoms with van der Waals surface area (Å²) in [7, 11) is 0. The molecule has 6 nitrogen and oxygen atoms in total. The van der Waals surface area contributed by atoms with Crippen LogP contribution in [0.5, 0.6) is 0 Å². The largest absolute Gasteiger partial charge is 0.450 e. The van der Waals surface area contributed by atoms with Gasteiger partial charge < -0.3 is 14.2 Å². The summed E-state index contributed by atoms with van der Waals surface area (Å²) in [5.41, 5.74) is 2.88. The second-order valence-corrected chi connectivity index (χ2v) is 10.4. The van der Waals surface area contributed by atoms with Crippen LogP contribution in [-0.2, 0) is 23.3 Å². The Bertz CT molecular complexity index is 1860. The van der Waals surface area contributed by atoms with Crippen LogP contribution in [-0.4, -0.2) is 23.3 Å². The van der Waals surface area contributed by atoms with Gasteiger partial charge in [0.1, 0.15) is 5.58 Å². The van der Waals surface area contributed by atoms with Gasteiger partial charge in [-0.25, -0.2) is 0 Å². The van der Waals surface area contributed by atoms with Gasteiger partial charge in [-0.05, 0) is 42.7 Å². The molecule has 2 amide bonds. The van der Waals surface area contributed by atoms with Gasteiger partial charge in [0, 0.05) is 12.1 Å². The average Bonchev–Trinajstić information content (AvgIpc) is 3.38. The number of carbonyl (C=O) groups is 2. The second-order valence-electron chi connectivity index (χ2n) is 10.4. The molecule has 2 aliphatic heterocycles. The molecule has 1 spiro atoms. The lowest BCUT2D eigenvalue weighted by atomic mass is 9.83. The number of hydrogen-bond acceptors (Lipinski definition) is 4. The molecule has 7 rings (SSSR count). The van der Waals surface area contributed by atoms with Gasteiger partial charge in [0.15, 0.2) is 11.0 Å². The molecule has 4 aromatic carbocycles. The van der Waals surface area contributed by atoms with E-state index in [9.17, 15) is 14.4 Å². The highest BCUT2D eigenvalue weighted by molar-refractivity contribution is 6.17. The van der Waals surface area contributed by atoms with E-state index < -0.39 is 11.4 Å². The predicted molar refractivity (Wildman–Crippen MR) is 153 cm³/mol. The van der Waals surface area contributed by atoms with Gasteiger partial charge in [-0.3, -0.25) is 14.4 Å². The van der Waals surface area contributed by atoms with Crippen LogP contribution in [0.4, 0.5) is 5.69 Å². The Labute approximate surface area is 231 Å². The molecule has 0 saturated carbocycles. The van der Waals surface area contributed by atoms with Crippen LogP contribution in [0, 0.1) is 6.92 Å². The molecule has 0 fully saturated rings. The number of amides is 2. The second kappa shape index (κ2) is 9.06. The number of aryl methyl sites for hydroxylation is 1. The quantitative estimate of drug-likeness (QED) is 0.299. The van der Waals surface area contributed by atoms with E-state index in [4.69, 9.17) is 4.42 Å². The SMILES string of the molecule is Cc1ccc(CN2C(=O)C3(c4ccccc42)c2c(oc4ccccc4c2=O)C(=O)N3CCc2ccccc2)cc1. The van der Waals surface area contributed by atoms with Gasteiger partial charge in [0.05, 0.1) is 23.2 Å². The van der Waals surface area contributed by atoms with E-state index >= 15 is 0 Å². The highest BCUT2D eigenvalue weighted by Crippen LogP contribution is 2.52. The molecule has 2 aliphatic rings. The molecule has 0 radical (unpaired) electrons. The molecule has 196 valence electrons. The fourth-order valence-corrected chi connectivity index (χ4v) is 6.16. The average molecular weight is 527 g/mol. The van der Waals surface area contributed by atoms with Crippen molar-refractivity contribution in [2.45, 2.75) is 25.4 Å². The number of nitrogens with zero attached hydrogens (tertiary/aromatic N) is 2. The molecule has 1 atom stereocenters. The molecule has 5 aromatic rings. The highest BCUT2D eigenvalue weighted by atomic mass is 16.3. The third kappa shape index (κ3) is 3.39. The topological polar surface area (TPSA) is 70.8 Å². The standard InChI is InChI=1S/C34H26N2O4/c1-22-15-17-24(18-16-22)21-35-27-13-7-6-12-26(27)34(33(35)39)29-30(37)25-11-5-8-14-28(25)40-31(29)32(38)36(34)20-19-23-9-3-2-4-10-23/h2-18H,19-21H2,1H3. The molecule has 0 N–H and O–H groups in total. The summed E-state index contributed by atoms with van der Waals surface area (Å²) >= 11 is 0. The zero-order valence-corrected chi connectivity index (χ0v) is 22.0. The number of hydrogen-bond donors (Lipinski definition) is 0. The van der Waals surface area contributed by atoms with Crippen molar-refractivity contribution in [3.05, 3.63) is 147 Å². The lowest BCUT2D eigenvalue weighted by molar-refractivity contribution is -0.126. The minimum atomic E-state index is -1.62. The molecule has 1 unspecified atom stereocenters. The minimum absolute atomic E-state index is 0.0582. The van der Waals surface area contributed by atoms with Crippen molar-refractivity contribution in [1.29, 1.82) is 0 Å². The first-order chi connectivity index (χ1) is 19.5. The number of benzene rings is 4. The lowest BCUT2D eigenvalue weighted by Gasteiger charge is -2.34. The van der Waals surface area contributed by atoms with Gasteiger partial charge in [-0.1, -0.05) is 90.5 Å². The van der Waals surface area contributed by atoms with E-state index in [1.165, 1.54) is 0 Å². The molecule has 0 saturated heterocycles. The van der Waals surface area contributed by atoms with Crippen molar-refractivity contribution < 1.29 is 14.0 Å². The van der Waals surface area contributed by atoms with E-state index in [1.807, 2.05) is 85.8 Å². The Balaban J connectivity index is 1.46. The number of para-hydroxylation sites is 2. The van der Waals surface area contributed by atoms with Gasteiger partial charge in [0.2, 0.25) is 5.76 Å². The zero-order valence-electron chi connectivity index (χ0n) is 22.0. The van der Waals surface area contributed by atoms with E-state index in [0.717, 1.165) is 16.7 Å². The maximum absolute atomic E-state index is 14.8. The van der Waals surface area contributed by atoms with E-state index in [1.54, 1.807) is 34.1 Å². The van der Waals surface area contributed by atoms with Crippen molar-refractivity contribution in [2.24, 2.45) is 0 Å². The fourth-order valence-electron chi connectivity index (χ4n) is 6.16. The molecule has 1 aromatic heterocycles. The third-order valence-corrected chi connectivity index (χ3v) is 8.07. The Morgan fingerprint density at radius 3 is 2.25 bits per heavy atom. The minimum Gasteiger partial charge on any atom is -0.450 e. The Hall–Kier alpha value is -4.97. The molecular weight excluding hydrogens is 500 g/mol. The summed E-state index contributed by atoms with van der Waals surface area (Å²) in [5.74, 6) is -0.830. The van der Waals surface area contributed by atoms with Gasteiger partial charge >= 0.3 is 0 Å². The summed E-state index contributed by atoms with van der Waals surface area (Å²) in [6.07, 6.45) is 0.517. The van der Waals surface area contributed by atoms with E-state index in [0.29, 0.717) is 35.2 Å². The Kier molecular flexibility index (Phi) is 5.46. The van der Waals surface area contributed by atoms with Crippen LogP contribution < -0.4 is 10.3 Å². The van der Waals surface area contributed by atoms with Crippen molar-refractivity contribution in [3.8, 4) is 0 Å². The first-order valence-electron chi connectivity index (χ1n) is 13.4. The molecular formula is C34H26N2O4. The van der Waals surface area contributed by atoms with Crippen LogP contribution in [0.1, 0.15) is 38.4 Å². The van der Waals surface area contributed by atoms with E-state index in [2.05, 4.69) is 0 Å². The number of fused-ring (bicyclic) bond motifs is 5. The predicted octanol–water partition coefficient (Wildman–Crippen LogP) is 5.59. The molecule has 3 heterocycles. The van der Waals surface area contributed by atoms with Gasteiger partial charge in [-0.2, -0.15) is 0 Å². The van der Waals surface area contributed by atoms with Crippen molar-refractivity contribution in [2.75, 3.05) is 11.4 Å². The maximum Gasteiger partial charge on any atom is 0.291 e. The smallest absolute Gasteiger partial charge is 0.291 e. The monoisotopic (exact) mass is 526 g/mol. The molecule has 0 aliphatic carbocycles. The lowest BCUT2D eigenvalue weighted by Crippen LogP contribution is -2.53. The number of rotatable bonds is 5. The zero-order chi connectivity index (χ0) is 27.4. The first-order valence-corrected chi connectivity index (χ1v) is 13.4. The van der Waals surface area contributed by atoms with Crippen LogP contribution in [0.3, 0.4) is 0 Å². The summed E-state index contributed by atoms with van der Waals surface area (Å²) < 4.78 is 6.13. The summed E-state index contributed by atoms with van der Waals surface area (Å²) in [6, 6.07) is 32.2. The van der Waals surface area contributed by atoms with Crippen molar-refractivity contribution >= 4 is 28.5 Å². The number of anilines is 1. The first kappa shape index (κ1) is 24.1. The molecule has 0 bridgehead atoms. The molecule has 40 heavy (non-hydrogen) atoms. The number of carbonyl (C=O) groups excluding carboxylic acids is 2. The van der Waals surface area contributed by atoms with Crippen molar-refractivity contribution in [3.63, 3.8) is 0 Å². The van der Waals surface area contributed by atoms with Gasteiger partial charge in [-0.15, -0.1) is 0 Å². The van der Waals surface area contributed by atoms with Crippen LogP contribution >= 0.6 is 0 Å². The summed E-state index contributed by atoms with van der Waals surface area (Å²) in [4.78, 5) is 46.4. The third-order valence-electron chi connectivity index (χ3n) is 8.07. The van der Waals surface area contributed by atoms with E-state index in [-0.39, 0.29) is 29.2 Å². The fraction of sp³-hybridized carbons (Fsp3) is 0.147. The normalized spacial score (nSPS) is 17.6. The highest BCUT2D eigenvalue weighted by Gasteiger charge is 2.64. The van der Waals surface area contributed by atoms with Crippen LogP contribution in [0.25, 0.3) is 11.0 Å². The maximum atomic E-state index is 14.8. The summed E-state index contributed by atoms with van der Waals surface area (Å²) in [6.45, 7) is 2.57. The summed E-state index contributed by atoms with van der Waals surface area (Å²) in [5, 5.41) is 0.348. The Morgan fingerprint density at radius 2 is 1.45 bits per heavy atom. The van der Waals surface area contributed by atoms with Crippen LogP contribution in [0.2, 0.25) is 0 Å². The van der Waals surface area contributed by atoms with Crippen LogP contribution in [0.15, 0.2) is 112 Å². The molecule has 6 heteroatoms. The Morgan fingerprint density at radius 1 is 0.750 bits per heavy atom.